The standard InChI is InChI=1S/C16H18N2O3/c1-12-5-2-3-6-14(12)11-18-10-4-7-13(16(18)20)8-9-15(19)17-21/h2-7,10,21H,8-9,11H2,1H3,(H,17,19). The van der Waals surface area contributed by atoms with Crippen molar-refractivity contribution in [1.29, 1.82) is 0 Å². The van der Waals surface area contributed by atoms with E-state index >= 15 is 0 Å². The van der Waals surface area contributed by atoms with Crippen LogP contribution in [0.4, 0.5) is 0 Å². The number of carbonyl (C=O) groups is 1. The Kier molecular flexibility index (Phi) is 4.90. The Morgan fingerprint density at radius 2 is 1.90 bits per heavy atom. The molecular formula is C16H18N2O3. The zero-order chi connectivity index (χ0) is 15.2. The molecule has 2 rings (SSSR count). The van der Waals surface area contributed by atoms with Gasteiger partial charge in [0, 0.05) is 18.2 Å². The molecule has 2 aromatic rings. The number of nitrogens with zero attached hydrogens (tertiary/aromatic N) is 1. The summed E-state index contributed by atoms with van der Waals surface area (Å²) in [5.41, 5.74) is 4.25. The molecule has 1 aromatic carbocycles. The minimum atomic E-state index is -0.497. The second-order valence-corrected chi connectivity index (χ2v) is 4.93. The van der Waals surface area contributed by atoms with Crippen molar-refractivity contribution >= 4 is 5.91 Å². The van der Waals surface area contributed by atoms with Crippen molar-refractivity contribution in [3.63, 3.8) is 0 Å². The van der Waals surface area contributed by atoms with Crippen LogP contribution in [0.3, 0.4) is 0 Å². The number of aryl methyl sites for hydroxylation is 2. The van der Waals surface area contributed by atoms with Crippen LogP contribution in [0, 0.1) is 6.92 Å². The zero-order valence-corrected chi connectivity index (χ0v) is 11.9. The maximum absolute atomic E-state index is 12.4. The molecule has 2 N–H and O–H groups in total. The fourth-order valence-electron chi connectivity index (χ4n) is 2.18. The van der Waals surface area contributed by atoms with Crippen LogP contribution in [0.25, 0.3) is 0 Å². The van der Waals surface area contributed by atoms with Crippen molar-refractivity contribution in [3.05, 3.63) is 69.6 Å². The van der Waals surface area contributed by atoms with Crippen LogP contribution in [-0.2, 0) is 17.8 Å². The highest BCUT2D eigenvalue weighted by atomic mass is 16.5. The number of pyridine rings is 1. The third-order valence-electron chi connectivity index (χ3n) is 3.45. The normalized spacial score (nSPS) is 10.4. The van der Waals surface area contributed by atoms with Gasteiger partial charge in [-0.2, -0.15) is 0 Å². The van der Waals surface area contributed by atoms with Crippen LogP contribution in [0.2, 0.25) is 0 Å². The number of hydrogen-bond donors (Lipinski definition) is 2. The van der Waals surface area contributed by atoms with Crippen LogP contribution in [-0.4, -0.2) is 15.7 Å². The molecule has 1 heterocycles. The van der Waals surface area contributed by atoms with E-state index in [2.05, 4.69) is 0 Å². The van der Waals surface area contributed by atoms with Crippen molar-refractivity contribution in [1.82, 2.24) is 10.0 Å². The summed E-state index contributed by atoms with van der Waals surface area (Å²) in [5.74, 6) is -0.497. The van der Waals surface area contributed by atoms with Crippen LogP contribution >= 0.6 is 0 Å². The number of aromatic nitrogens is 1. The van der Waals surface area contributed by atoms with Gasteiger partial charge in [0.15, 0.2) is 0 Å². The van der Waals surface area contributed by atoms with E-state index in [1.54, 1.807) is 28.4 Å². The van der Waals surface area contributed by atoms with E-state index in [0.29, 0.717) is 18.5 Å². The van der Waals surface area contributed by atoms with Gasteiger partial charge in [-0.15, -0.1) is 0 Å². The van der Waals surface area contributed by atoms with E-state index in [-0.39, 0.29) is 12.0 Å². The zero-order valence-electron chi connectivity index (χ0n) is 11.9. The Morgan fingerprint density at radius 3 is 2.62 bits per heavy atom. The summed E-state index contributed by atoms with van der Waals surface area (Å²) >= 11 is 0. The molecule has 1 aromatic heterocycles. The molecule has 0 aliphatic rings. The summed E-state index contributed by atoms with van der Waals surface area (Å²) in [6.45, 7) is 2.52. The number of hydroxylamine groups is 1. The average molecular weight is 286 g/mol. The summed E-state index contributed by atoms with van der Waals surface area (Å²) in [6, 6.07) is 11.4. The summed E-state index contributed by atoms with van der Waals surface area (Å²) in [6.07, 6.45) is 2.13. The first-order valence-corrected chi connectivity index (χ1v) is 6.77. The number of nitrogens with one attached hydrogen (secondary N) is 1. The number of benzene rings is 1. The lowest BCUT2D eigenvalue weighted by Crippen LogP contribution is -2.25. The van der Waals surface area contributed by atoms with Crippen molar-refractivity contribution in [3.8, 4) is 0 Å². The van der Waals surface area contributed by atoms with Gasteiger partial charge in [0.2, 0.25) is 5.91 Å². The molecule has 0 fully saturated rings. The van der Waals surface area contributed by atoms with Gasteiger partial charge in [-0.25, -0.2) is 5.48 Å². The van der Waals surface area contributed by atoms with Crippen molar-refractivity contribution in [2.75, 3.05) is 0 Å². The molecule has 0 saturated heterocycles. The molecular weight excluding hydrogens is 268 g/mol. The van der Waals surface area contributed by atoms with E-state index in [1.165, 1.54) is 0 Å². The molecule has 0 saturated carbocycles. The molecule has 0 unspecified atom stereocenters. The minimum Gasteiger partial charge on any atom is -0.311 e. The molecule has 5 heteroatoms. The molecule has 0 atom stereocenters. The van der Waals surface area contributed by atoms with Crippen LogP contribution in [0.5, 0.6) is 0 Å². The van der Waals surface area contributed by atoms with Gasteiger partial charge in [-0.05, 0) is 30.5 Å². The van der Waals surface area contributed by atoms with Crippen LogP contribution < -0.4 is 11.0 Å². The maximum atomic E-state index is 12.4. The Balaban J connectivity index is 2.20. The number of carbonyl (C=O) groups excluding carboxylic acids is 1. The Hall–Kier alpha value is -2.40. The number of hydrogen-bond acceptors (Lipinski definition) is 3. The summed E-state index contributed by atoms with van der Waals surface area (Å²) in [7, 11) is 0. The monoisotopic (exact) mass is 286 g/mol. The maximum Gasteiger partial charge on any atom is 0.254 e. The van der Waals surface area contributed by atoms with Gasteiger partial charge in [0.05, 0.1) is 6.54 Å². The first-order valence-electron chi connectivity index (χ1n) is 6.77. The first-order chi connectivity index (χ1) is 10.1. The van der Waals surface area contributed by atoms with Gasteiger partial charge in [-0.1, -0.05) is 30.3 Å². The molecule has 0 radical (unpaired) electrons. The summed E-state index contributed by atoms with van der Waals surface area (Å²) in [4.78, 5) is 23.4. The molecule has 1 amide bonds. The SMILES string of the molecule is Cc1ccccc1Cn1cccc(CCC(=O)NO)c1=O. The van der Waals surface area contributed by atoms with E-state index in [9.17, 15) is 9.59 Å². The Labute approximate surface area is 122 Å². The average Bonchev–Trinajstić information content (AvgIpc) is 2.50. The summed E-state index contributed by atoms with van der Waals surface area (Å²) in [5, 5.41) is 8.48. The van der Waals surface area contributed by atoms with Gasteiger partial charge < -0.3 is 4.57 Å². The lowest BCUT2D eigenvalue weighted by molar-refractivity contribution is -0.129. The molecule has 5 nitrogen and oxygen atoms in total. The topological polar surface area (TPSA) is 71.3 Å². The van der Waals surface area contributed by atoms with E-state index in [0.717, 1.165) is 11.1 Å². The van der Waals surface area contributed by atoms with Crippen molar-refractivity contribution in [2.45, 2.75) is 26.3 Å². The lowest BCUT2D eigenvalue weighted by atomic mass is 10.1. The quantitative estimate of drug-likeness (QED) is 0.648. The molecule has 0 aliphatic carbocycles. The molecule has 110 valence electrons. The minimum absolute atomic E-state index is 0.0835. The van der Waals surface area contributed by atoms with E-state index < -0.39 is 5.91 Å². The fraction of sp³-hybridized carbons (Fsp3) is 0.250. The highest BCUT2D eigenvalue weighted by Crippen LogP contribution is 2.08. The highest BCUT2D eigenvalue weighted by molar-refractivity contribution is 5.74. The number of amides is 1. The third-order valence-corrected chi connectivity index (χ3v) is 3.45. The van der Waals surface area contributed by atoms with Gasteiger partial charge in [-0.3, -0.25) is 14.8 Å². The smallest absolute Gasteiger partial charge is 0.254 e. The van der Waals surface area contributed by atoms with Gasteiger partial charge >= 0.3 is 0 Å². The highest BCUT2D eigenvalue weighted by Gasteiger charge is 2.07. The first kappa shape index (κ1) is 15.0. The largest absolute Gasteiger partial charge is 0.311 e. The molecule has 0 bridgehead atoms. The fourth-order valence-corrected chi connectivity index (χ4v) is 2.18. The summed E-state index contributed by atoms with van der Waals surface area (Å²) < 4.78 is 1.63. The predicted molar refractivity (Wildman–Crippen MR) is 79.2 cm³/mol. The van der Waals surface area contributed by atoms with Crippen molar-refractivity contribution in [2.24, 2.45) is 0 Å². The lowest BCUT2D eigenvalue weighted by Gasteiger charge is -2.10. The van der Waals surface area contributed by atoms with Crippen molar-refractivity contribution < 1.29 is 10.0 Å². The van der Waals surface area contributed by atoms with E-state index in [4.69, 9.17) is 5.21 Å². The molecule has 0 aliphatic heterocycles. The Bertz CT molecular complexity index is 692. The van der Waals surface area contributed by atoms with Crippen LogP contribution in [0.15, 0.2) is 47.4 Å². The van der Waals surface area contributed by atoms with Gasteiger partial charge in [0.25, 0.3) is 5.56 Å². The molecule has 0 spiro atoms. The second-order valence-electron chi connectivity index (χ2n) is 4.93. The second kappa shape index (κ2) is 6.85. The number of rotatable bonds is 5. The van der Waals surface area contributed by atoms with Gasteiger partial charge in [0.1, 0.15) is 0 Å². The Morgan fingerprint density at radius 1 is 1.19 bits per heavy atom. The third kappa shape index (κ3) is 3.79. The van der Waals surface area contributed by atoms with E-state index in [1.807, 2.05) is 31.2 Å². The molecule has 21 heavy (non-hydrogen) atoms. The van der Waals surface area contributed by atoms with Crippen LogP contribution in [0.1, 0.15) is 23.1 Å². The predicted octanol–water partition coefficient (Wildman–Crippen LogP) is 1.64.